The van der Waals surface area contributed by atoms with E-state index in [1.165, 1.54) is 41.0 Å². The first-order valence-electron chi connectivity index (χ1n) is 10.4. The van der Waals surface area contributed by atoms with Gasteiger partial charge in [-0.2, -0.15) is 0 Å². The zero-order chi connectivity index (χ0) is 26.5. The molecule has 1 aromatic heterocycles. The molecule has 0 aliphatic carbocycles. The maximum atomic E-state index is 14.1. The Hall–Kier alpha value is -2.46. The molecule has 8 nitrogen and oxygen atoms in total. The molecule has 0 saturated carbocycles. The Labute approximate surface area is 220 Å². The summed E-state index contributed by atoms with van der Waals surface area (Å²) in [4.78, 5) is 35.5. The lowest BCUT2D eigenvalue weighted by molar-refractivity contribution is -0.120. The summed E-state index contributed by atoms with van der Waals surface area (Å²) in [5.41, 5.74) is -1.47. The van der Waals surface area contributed by atoms with Crippen LogP contribution in [0.5, 0.6) is 0 Å². The second kappa shape index (κ2) is 12.2. The Morgan fingerprint density at radius 1 is 1.25 bits per heavy atom. The molecule has 0 bridgehead atoms. The van der Waals surface area contributed by atoms with Gasteiger partial charge >= 0.3 is 13.8 Å². The number of hydrogen-bond acceptors (Lipinski definition) is 7. The molecule has 3 aromatic rings. The first-order chi connectivity index (χ1) is 17.0. The number of halogens is 3. The Balaban J connectivity index is 1.88. The Bertz CT molecular complexity index is 1350. The van der Waals surface area contributed by atoms with Crippen molar-refractivity contribution in [1.82, 2.24) is 5.32 Å². The van der Waals surface area contributed by atoms with Gasteiger partial charge in [-0.1, -0.05) is 35.3 Å². The number of carbonyl (C=O) groups excluding carboxylic acids is 2. The molecule has 192 valence electrons. The average molecular weight is 576 g/mol. The fraction of sp³-hybridized carbons (Fsp3) is 0.217. The third-order valence-electron chi connectivity index (χ3n) is 4.65. The van der Waals surface area contributed by atoms with E-state index in [-0.39, 0.29) is 16.1 Å². The molecule has 0 aliphatic rings. The normalized spacial score (nSPS) is 14.1. The summed E-state index contributed by atoms with van der Waals surface area (Å²) in [5, 5.41) is 4.62. The summed E-state index contributed by atoms with van der Waals surface area (Å²) in [6.45, 7) is 2.25. The summed E-state index contributed by atoms with van der Waals surface area (Å²) < 4.78 is 42.5. The van der Waals surface area contributed by atoms with Gasteiger partial charge in [0.15, 0.2) is 5.66 Å². The molecule has 13 heteroatoms. The molecule has 36 heavy (non-hydrogen) atoms. The number of fused-ring (bicyclic) bond motifs is 1. The lowest BCUT2D eigenvalue weighted by Gasteiger charge is -2.21. The van der Waals surface area contributed by atoms with Crippen LogP contribution in [-0.4, -0.2) is 29.9 Å². The summed E-state index contributed by atoms with van der Waals surface area (Å²) in [6, 6.07) is 9.23. The van der Waals surface area contributed by atoms with E-state index < -0.39 is 44.0 Å². The SMILES string of the molecule is CC(C)OC(=O)OCOP(=O)(O)C(C(=O)N/C=C/c1cccc(Cl)c1F)c1csc2ccc(Cl)cc12. The fourth-order valence-corrected chi connectivity index (χ4v) is 5.80. The van der Waals surface area contributed by atoms with Crippen molar-refractivity contribution >= 4 is 70.4 Å². The smallest absolute Gasteiger partial charge is 0.432 e. The molecule has 0 aliphatic heterocycles. The van der Waals surface area contributed by atoms with Crippen molar-refractivity contribution in [2.45, 2.75) is 25.6 Å². The molecule has 2 N–H and O–H groups in total. The zero-order valence-corrected chi connectivity index (χ0v) is 22.2. The number of benzene rings is 2. The maximum Gasteiger partial charge on any atom is 0.510 e. The van der Waals surface area contributed by atoms with Gasteiger partial charge in [0.05, 0.1) is 11.1 Å². The number of nitrogens with one attached hydrogen (secondary N) is 1. The van der Waals surface area contributed by atoms with Crippen LogP contribution in [0.2, 0.25) is 10.0 Å². The highest BCUT2D eigenvalue weighted by atomic mass is 35.5. The highest BCUT2D eigenvalue weighted by Gasteiger charge is 2.41. The van der Waals surface area contributed by atoms with Crippen LogP contribution in [0, 0.1) is 5.82 Å². The van der Waals surface area contributed by atoms with Gasteiger partial charge in [0.2, 0.25) is 12.7 Å². The number of amides is 1. The van der Waals surface area contributed by atoms with Crippen LogP contribution in [-0.2, 0) is 23.4 Å². The van der Waals surface area contributed by atoms with Crippen molar-refractivity contribution in [3.8, 4) is 0 Å². The van der Waals surface area contributed by atoms with E-state index >= 15 is 0 Å². The van der Waals surface area contributed by atoms with E-state index in [9.17, 15) is 23.4 Å². The largest absolute Gasteiger partial charge is 0.510 e. The predicted molar refractivity (Wildman–Crippen MR) is 137 cm³/mol. The lowest BCUT2D eigenvalue weighted by atomic mass is 10.1. The molecule has 0 spiro atoms. The van der Waals surface area contributed by atoms with Gasteiger partial charge in [-0.15, -0.1) is 11.3 Å². The van der Waals surface area contributed by atoms with Crippen molar-refractivity contribution < 1.29 is 37.4 Å². The van der Waals surface area contributed by atoms with Gasteiger partial charge in [0.25, 0.3) is 0 Å². The lowest BCUT2D eigenvalue weighted by Crippen LogP contribution is -2.26. The van der Waals surface area contributed by atoms with Crippen molar-refractivity contribution in [2.24, 2.45) is 0 Å². The first kappa shape index (κ1) is 28.1. The number of carbonyl (C=O) groups is 2. The standard InChI is InChI=1S/C23H21Cl2FNO7PS/c1-13(2)34-23(29)32-12-33-35(30,31)21(17-11-36-19-7-6-15(24)10-16(17)19)22(28)27-9-8-14-4-3-5-18(25)20(14)26/h3-11,13,21H,12H2,1-2H3,(H,27,28)(H,30,31)/b9-8+. The molecular weight excluding hydrogens is 555 g/mol. The second-order valence-electron chi connectivity index (χ2n) is 7.59. The molecule has 0 fully saturated rings. The van der Waals surface area contributed by atoms with E-state index in [0.717, 1.165) is 6.20 Å². The Morgan fingerprint density at radius 2 is 2.00 bits per heavy atom. The van der Waals surface area contributed by atoms with Gasteiger partial charge in [-0.3, -0.25) is 13.9 Å². The van der Waals surface area contributed by atoms with Crippen LogP contribution in [0.4, 0.5) is 9.18 Å². The number of rotatable bonds is 9. The molecule has 3 rings (SSSR count). The van der Waals surface area contributed by atoms with Gasteiger partial charge in [-0.25, -0.2) is 9.18 Å². The van der Waals surface area contributed by atoms with E-state index in [2.05, 4.69) is 10.1 Å². The molecule has 2 atom stereocenters. The molecule has 1 amide bonds. The van der Waals surface area contributed by atoms with E-state index in [4.69, 9.17) is 32.5 Å². The number of hydrogen-bond donors (Lipinski definition) is 2. The maximum absolute atomic E-state index is 14.1. The van der Waals surface area contributed by atoms with E-state index in [1.54, 1.807) is 32.0 Å². The topological polar surface area (TPSA) is 111 Å². The summed E-state index contributed by atoms with van der Waals surface area (Å²) in [5.74, 6) is -1.62. The van der Waals surface area contributed by atoms with Crippen molar-refractivity contribution in [3.05, 3.63) is 75.0 Å². The average Bonchev–Trinajstić information content (AvgIpc) is 3.18. The van der Waals surface area contributed by atoms with Crippen LogP contribution in [0.25, 0.3) is 16.2 Å². The minimum atomic E-state index is -4.80. The van der Waals surface area contributed by atoms with Crippen LogP contribution >= 0.6 is 42.1 Å². The van der Waals surface area contributed by atoms with Crippen LogP contribution in [0.3, 0.4) is 0 Å². The minimum absolute atomic E-state index is 0.0904. The summed E-state index contributed by atoms with van der Waals surface area (Å²) >= 11 is 13.1. The first-order valence-corrected chi connectivity index (χ1v) is 13.7. The van der Waals surface area contributed by atoms with E-state index in [0.29, 0.717) is 15.1 Å². The summed E-state index contributed by atoms with van der Waals surface area (Å²) in [6.07, 6.45) is 0.773. The van der Waals surface area contributed by atoms with Gasteiger partial charge in [0.1, 0.15) is 5.82 Å². The molecule has 2 unspecified atom stereocenters. The molecule has 0 saturated heterocycles. The van der Waals surface area contributed by atoms with Crippen LogP contribution in [0.15, 0.2) is 48.0 Å². The molecule has 2 aromatic carbocycles. The van der Waals surface area contributed by atoms with Gasteiger partial charge in [-0.05, 0) is 60.5 Å². The van der Waals surface area contributed by atoms with Gasteiger partial charge in [0, 0.05) is 21.5 Å². The van der Waals surface area contributed by atoms with Crippen LogP contribution in [0.1, 0.15) is 30.6 Å². The molecule has 1 heterocycles. The number of thiophene rings is 1. The van der Waals surface area contributed by atoms with Crippen molar-refractivity contribution in [1.29, 1.82) is 0 Å². The Kier molecular flexibility index (Phi) is 9.52. The third kappa shape index (κ3) is 7.06. The highest BCUT2D eigenvalue weighted by Crippen LogP contribution is 2.58. The molecule has 0 radical (unpaired) electrons. The minimum Gasteiger partial charge on any atom is -0.432 e. The fourth-order valence-electron chi connectivity index (χ4n) is 3.09. The predicted octanol–water partition coefficient (Wildman–Crippen LogP) is 6.90. The van der Waals surface area contributed by atoms with Crippen LogP contribution < -0.4 is 5.32 Å². The van der Waals surface area contributed by atoms with Crippen molar-refractivity contribution in [3.63, 3.8) is 0 Å². The zero-order valence-electron chi connectivity index (χ0n) is 18.9. The Morgan fingerprint density at radius 3 is 2.72 bits per heavy atom. The van der Waals surface area contributed by atoms with E-state index in [1.807, 2.05) is 0 Å². The highest BCUT2D eigenvalue weighted by molar-refractivity contribution is 7.54. The quantitative estimate of drug-likeness (QED) is 0.162. The monoisotopic (exact) mass is 575 g/mol. The van der Waals surface area contributed by atoms with Crippen molar-refractivity contribution in [2.75, 3.05) is 6.79 Å². The summed E-state index contributed by atoms with van der Waals surface area (Å²) in [7, 11) is -4.80. The number of ether oxygens (including phenoxy) is 2. The third-order valence-corrected chi connectivity index (χ3v) is 7.80. The van der Waals surface area contributed by atoms with Gasteiger partial charge < -0.3 is 19.7 Å². The molecular formula is C23H21Cl2FNO7PS. The second-order valence-corrected chi connectivity index (χ2v) is 11.2.